The van der Waals surface area contributed by atoms with Gasteiger partial charge < -0.3 is 10.5 Å². The van der Waals surface area contributed by atoms with Gasteiger partial charge in [-0.3, -0.25) is 0 Å². The van der Waals surface area contributed by atoms with E-state index in [-0.39, 0.29) is 6.04 Å². The summed E-state index contributed by atoms with van der Waals surface area (Å²) in [7, 11) is 1.67. The maximum absolute atomic E-state index is 6.05. The molecule has 3 heteroatoms. The Bertz CT molecular complexity index is 301. The second kappa shape index (κ2) is 5.37. The zero-order chi connectivity index (χ0) is 10.6. The second-order valence-corrected chi connectivity index (χ2v) is 4.20. The topological polar surface area (TPSA) is 35.2 Å². The third-order valence-corrected chi connectivity index (χ3v) is 2.68. The summed E-state index contributed by atoms with van der Waals surface area (Å²) in [5, 5.41) is 0. The Morgan fingerprint density at radius 3 is 2.79 bits per heavy atom. The number of halogens is 1. The van der Waals surface area contributed by atoms with Crippen LogP contribution in [0.2, 0.25) is 0 Å². The molecule has 0 unspecified atom stereocenters. The van der Waals surface area contributed by atoms with E-state index in [1.165, 1.54) is 0 Å². The fourth-order valence-corrected chi connectivity index (χ4v) is 1.84. The van der Waals surface area contributed by atoms with E-state index in [9.17, 15) is 0 Å². The molecule has 2 N–H and O–H groups in total. The first kappa shape index (κ1) is 11.5. The molecular weight excluding hydrogens is 242 g/mol. The van der Waals surface area contributed by atoms with Gasteiger partial charge in [-0.2, -0.15) is 0 Å². The van der Waals surface area contributed by atoms with Crippen LogP contribution < -0.4 is 10.5 Å². The average molecular weight is 258 g/mol. The highest BCUT2D eigenvalue weighted by Crippen LogP contribution is 2.29. The van der Waals surface area contributed by atoms with E-state index in [2.05, 4.69) is 22.9 Å². The predicted octanol–water partition coefficient (Wildman–Crippen LogP) is 3.26. The second-order valence-electron chi connectivity index (χ2n) is 3.28. The van der Waals surface area contributed by atoms with Crippen LogP contribution in [-0.2, 0) is 0 Å². The van der Waals surface area contributed by atoms with Gasteiger partial charge in [-0.05, 0) is 24.6 Å². The normalized spacial score (nSPS) is 12.6. The zero-order valence-electron chi connectivity index (χ0n) is 8.59. The third kappa shape index (κ3) is 2.72. The van der Waals surface area contributed by atoms with E-state index >= 15 is 0 Å². The Kier molecular flexibility index (Phi) is 4.42. The summed E-state index contributed by atoms with van der Waals surface area (Å²) in [4.78, 5) is 0. The molecule has 1 rings (SSSR count). The van der Waals surface area contributed by atoms with Gasteiger partial charge in [-0.1, -0.05) is 29.3 Å². The van der Waals surface area contributed by atoms with Gasteiger partial charge in [0.2, 0.25) is 0 Å². The molecule has 0 amide bonds. The van der Waals surface area contributed by atoms with Crippen LogP contribution in [0.15, 0.2) is 22.7 Å². The first-order valence-corrected chi connectivity index (χ1v) is 5.57. The van der Waals surface area contributed by atoms with Crippen molar-refractivity contribution in [3.8, 4) is 5.75 Å². The number of methoxy groups -OCH3 is 1. The van der Waals surface area contributed by atoms with Gasteiger partial charge in [0.05, 0.1) is 7.11 Å². The number of hydrogen-bond acceptors (Lipinski definition) is 2. The number of hydrogen-bond donors (Lipinski definition) is 1. The summed E-state index contributed by atoms with van der Waals surface area (Å²) in [5.74, 6) is 0.870. The molecule has 0 aliphatic rings. The maximum atomic E-state index is 6.05. The summed E-state index contributed by atoms with van der Waals surface area (Å²) >= 11 is 3.43. The van der Waals surface area contributed by atoms with Gasteiger partial charge in [0.25, 0.3) is 0 Å². The molecule has 0 aliphatic carbocycles. The number of benzene rings is 1. The first-order chi connectivity index (χ1) is 6.69. The van der Waals surface area contributed by atoms with Crippen LogP contribution in [0.25, 0.3) is 0 Å². The molecular formula is C11H16BrNO. The quantitative estimate of drug-likeness (QED) is 0.899. The van der Waals surface area contributed by atoms with Crippen LogP contribution in [0.4, 0.5) is 0 Å². The molecule has 0 spiro atoms. The van der Waals surface area contributed by atoms with E-state index < -0.39 is 0 Å². The molecule has 0 radical (unpaired) electrons. The molecule has 0 fully saturated rings. The Morgan fingerprint density at radius 2 is 2.21 bits per heavy atom. The van der Waals surface area contributed by atoms with Crippen molar-refractivity contribution in [1.82, 2.24) is 0 Å². The van der Waals surface area contributed by atoms with Crippen molar-refractivity contribution in [2.24, 2.45) is 5.73 Å². The summed E-state index contributed by atoms with van der Waals surface area (Å²) in [6, 6.07) is 5.99. The first-order valence-electron chi connectivity index (χ1n) is 4.78. The van der Waals surface area contributed by atoms with Gasteiger partial charge in [0.15, 0.2) is 0 Å². The maximum Gasteiger partial charge on any atom is 0.123 e. The lowest BCUT2D eigenvalue weighted by atomic mass is 10.0. The zero-order valence-corrected chi connectivity index (χ0v) is 10.2. The molecule has 0 bridgehead atoms. The van der Waals surface area contributed by atoms with Gasteiger partial charge in [-0.15, -0.1) is 0 Å². The van der Waals surface area contributed by atoms with Crippen LogP contribution in [0, 0.1) is 0 Å². The lowest BCUT2D eigenvalue weighted by molar-refractivity contribution is 0.404. The predicted molar refractivity (Wildman–Crippen MR) is 62.5 cm³/mol. The minimum atomic E-state index is 0.0625. The smallest absolute Gasteiger partial charge is 0.123 e. The van der Waals surface area contributed by atoms with Crippen molar-refractivity contribution in [3.63, 3.8) is 0 Å². The Morgan fingerprint density at radius 1 is 1.50 bits per heavy atom. The third-order valence-electron chi connectivity index (χ3n) is 2.19. The number of ether oxygens (including phenoxy) is 1. The minimum Gasteiger partial charge on any atom is -0.496 e. The highest BCUT2D eigenvalue weighted by Gasteiger charge is 2.11. The van der Waals surface area contributed by atoms with E-state index in [1.54, 1.807) is 7.11 Å². The standard InChI is InChI=1S/C11H16BrNO/c1-3-4-10(13)9-7-8(12)5-6-11(9)14-2/h5-7,10H,3-4,13H2,1-2H3/t10-/m1/s1. The highest BCUT2D eigenvalue weighted by atomic mass is 79.9. The molecule has 1 aromatic carbocycles. The van der Waals surface area contributed by atoms with Gasteiger partial charge in [-0.25, -0.2) is 0 Å². The van der Waals surface area contributed by atoms with E-state index in [0.717, 1.165) is 28.6 Å². The molecule has 0 aliphatic heterocycles. The van der Waals surface area contributed by atoms with Crippen molar-refractivity contribution in [1.29, 1.82) is 0 Å². The van der Waals surface area contributed by atoms with Crippen molar-refractivity contribution >= 4 is 15.9 Å². The van der Waals surface area contributed by atoms with Crippen LogP contribution in [-0.4, -0.2) is 7.11 Å². The van der Waals surface area contributed by atoms with Crippen LogP contribution in [0.3, 0.4) is 0 Å². The molecule has 0 aromatic heterocycles. The fourth-order valence-electron chi connectivity index (χ4n) is 1.46. The Labute approximate surface area is 93.6 Å². The van der Waals surface area contributed by atoms with Crippen LogP contribution >= 0.6 is 15.9 Å². The SMILES string of the molecule is CCC[C@@H](N)c1cc(Br)ccc1OC. The summed E-state index contributed by atoms with van der Waals surface area (Å²) in [6.45, 7) is 2.13. The van der Waals surface area contributed by atoms with E-state index in [0.29, 0.717) is 0 Å². The van der Waals surface area contributed by atoms with Gasteiger partial charge >= 0.3 is 0 Å². The molecule has 2 nitrogen and oxygen atoms in total. The van der Waals surface area contributed by atoms with Gasteiger partial charge in [0.1, 0.15) is 5.75 Å². The molecule has 78 valence electrons. The molecule has 1 atom stereocenters. The number of nitrogens with two attached hydrogens (primary N) is 1. The summed E-state index contributed by atoms with van der Waals surface area (Å²) < 4.78 is 6.31. The summed E-state index contributed by atoms with van der Waals surface area (Å²) in [6.07, 6.45) is 2.06. The highest BCUT2D eigenvalue weighted by molar-refractivity contribution is 9.10. The summed E-state index contributed by atoms with van der Waals surface area (Å²) in [5.41, 5.74) is 7.12. The van der Waals surface area contributed by atoms with Gasteiger partial charge in [0, 0.05) is 16.1 Å². The minimum absolute atomic E-state index is 0.0625. The molecule has 0 heterocycles. The van der Waals surface area contributed by atoms with E-state index in [4.69, 9.17) is 10.5 Å². The van der Waals surface area contributed by atoms with Crippen molar-refractivity contribution in [2.75, 3.05) is 7.11 Å². The lowest BCUT2D eigenvalue weighted by Crippen LogP contribution is -2.11. The fraction of sp³-hybridized carbons (Fsp3) is 0.455. The van der Waals surface area contributed by atoms with Crippen LogP contribution in [0.1, 0.15) is 31.4 Å². The molecule has 1 aromatic rings. The van der Waals surface area contributed by atoms with Crippen molar-refractivity contribution in [3.05, 3.63) is 28.2 Å². The monoisotopic (exact) mass is 257 g/mol. The average Bonchev–Trinajstić information content (AvgIpc) is 2.18. The Balaban J connectivity index is 2.97. The molecule has 0 saturated heterocycles. The van der Waals surface area contributed by atoms with Crippen molar-refractivity contribution < 1.29 is 4.74 Å². The number of rotatable bonds is 4. The largest absolute Gasteiger partial charge is 0.496 e. The molecule has 0 saturated carbocycles. The van der Waals surface area contributed by atoms with E-state index in [1.807, 2.05) is 18.2 Å². The molecule has 14 heavy (non-hydrogen) atoms. The van der Waals surface area contributed by atoms with Crippen LogP contribution in [0.5, 0.6) is 5.75 Å². The Hall–Kier alpha value is -0.540. The van der Waals surface area contributed by atoms with Crippen molar-refractivity contribution in [2.45, 2.75) is 25.8 Å². The lowest BCUT2D eigenvalue weighted by Gasteiger charge is -2.15.